The van der Waals surface area contributed by atoms with Crippen LogP contribution >= 0.6 is 0 Å². The van der Waals surface area contributed by atoms with Gasteiger partial charge in [0.2, 0.25) is 0 Å². The number of rotatable bonds is 2. The van der Waals surface area contributed by atoms with Crippen LogP contribution in [0.3, 0.4) is 0 Å². The number of pyridine rings is 1. The molecule has 2 heterocycles. The average Bonchev–Trinajstić information content (AvgIpc) is 2.31. The van der Waals surface area contributed by atoms with Gasteiger partial charge in [0, 0.05) is 24.5 Å². The Kier molecular flexibility index (Phi) is 2.55. The van der Waals surface area contributed by atoms with E-state index in [9.17, 15) is 4.79 Å². The first-order valence-corrected chi connectivity index (χ1v) is 4.49. The summed E-state index contributed by atoms with van der Waals surface area (Å²) in [7, 11) is 0. The summed E-state index contributed by atoms with van der Waals surface area (Å²) in [6.07, 6.45) is 6.50. The zero-order valence-corrected chi connectivity index (χ0v) is 8.00. The highest BCUT2D eigenvalue weighted by Gasteiger charge is 2.00. The van der Waals surface area contributed by atoms with Crippen molar-refractivity contribution in [2.24, 2.45) is 5.73 Å². The Morgan fingerprint density at radius 3 is 3.00 bits per heavy atom. The van der Waals surface area contributed by atoms with Crippen molar-refractivity contribution in [2.45, 2.75) is 6.54 Å². The van der Waals surface area contributed by atoms with E-state index in [-0.39, 0.29) is 12.1 Å². The van der Waals surface area contributed by atoms with Gasteiger partial charge in [0.25, 0.3) is 5.56 Å². The predicted molar refractivity (Wildman–Crippen MR) is 55.5 cm³/mol. The highest BCUT2D eigenvalue weighted by molar-refractivity contribution is 5.28. The van der Waals surface area contributed by atoms with E-state index in [1.54, 1.807) is 23.2 Å². The maximum absolute atomic E-state index is 11.2. The van der Waals surface area contributed by atoms with Gasteiger partial charge in [-0.25, -0.2) is 0 Å². The van der Waals surface area contributed by atoms with Crippen LogP contribution in [0.4, 0.5) is 0 Å². The lowest BCUT2D eigenvalue weighted by atomic mass is 10.3. The second kappa shape index (κ2) is 4.02. The summed E-state index contributed by atoms with van der Waals surface area (Å²) < 4.78 is 1.72. The minimum atomic E-state index is -0.280. The van der Waals surface area contributed by atoms with Gasteiger partial charge in [0.15, 0.2) is 0 Å². The Bertz CT molecular complexity index is 506. The van der Waals surface area contributed by atoms with Crippen molar-refractivity contribution in [1.82, 2.24) is 14.5 Å². The predicted octanol–water partition coefficient (Wildman–Crippen LogP) is 0.0862. The number of nitrogens with zero attached hydrogens (tertiary/aromatic N) is 3. The fourth-order valence-corrected chi connectivity index (χ4v) is 1.24. The zero-order valence-electron chi connectivity index (χ0n) is 8.00. The Hall–Kier alpha value is -2.01. The molecule has 0 aromatic carbocycles. The summed E-state index contributed by atoms with van der Waals surface area (Å²) >= 11 is 0. The van der Waals surface area contributed by atoms with Gasteiger partial charge in [-0.3, -0.25) is 9.78 Å². The Morgan fingerprint density at radius 2 is 2.33 bits per heavy atom. The summed E-state index contributed by atoms with van der Waals surface area (Å²) in [5, 5.41) is 0. The summed E-state index contributed by atoms with van der Waals surface area (Å²) in [4.78, 5) is 18.9. The number of hydrogen-bond acceptors (Lipinski definition) is 4. The van der Waals surface area contributed by atoms with E-state index in [0.29, 0.717) is 5.56 Å². The summed E-state index contributed by atoms with van der Waals surface area (Å²) in [5.41, 5.74) is 6.48. The molecule has 0 atom stereocenters. The van der Waals surface area contributed by atoms with Gasteiger partial charge in [-0.1, -0.05) is 0 Å². The van der Waals surface area contributed by atoms with E-state index < -0.39 is 0 Å². The lowest BCUT2D eigenvalue weighted by molar-refractivity contribution is 0.895. The molecule has 2 aromatic rings. The van der Waals surface area contributed by atoms with E-state index >= 15 is 0 Å². The minimum Gasteiger partial charge on any atom is -0.326 e. The van der Waals surface area contributed by atoms with Crippen LogP contribution < -0.4 is 11.3 Å². The van der Waals surface area contributed by atoms with Crippen LogP contribution in [-0.2, 0) is 6.54 Å². The molecule has 76 valence electrons. The lowest BCUT2D eigenvalue weighted by Gasteiger charge is -2.05. The normalized spacial score (nSPS) is 10.2. The fraction of sp³-hybridized carbons (Fsp3) is 0.100. The molecule has 0 fully saturated rings. The van der Waals surface area contributed by atoms with Crippen LogP contribution in [0.25, 0.3) is 5.69 Å². The molecule has 0 unspecified atom stereocenters. The SMILES string of the molecule is NCc1cn(-c2cccnc2)cnc1=O. The van der Waals surface area contributed by atoms with Crippen molar-refractivity contribution in [3.63, 3.8) is 0 Å². The maximum atomic E-state index is 11.2. The van der Waals surface area contributed by atoms with Crippen molar-refractivity contribution in [1.29, 1.82) is 0 Å². The standard InChI is InChI=1S/C10H10N4O/c11-4-8-6-14(7-13-10(8)15)9-2-1-3-12-5-9/h1-3,5-7H,4,11H2. The van der Waals surface area contributed by atoms with Crippen LogP contribution in [0.2, 0.25) is 0 Å². The van der Waals surface area contributed by atoms with Crippen LogP contribution in [-0.4, -0.2) is 14.5 Å². The largest absolute Gasteiger partial charge is 0.326 e. The van der Waals surface area contributed by atoms with E-state index in [2.05, 4.69) is 9.97 Å². The first-order valence-electron chi connectivity index (χ1n) is 4.49. The average molecular weight is 202 g/mol. The summed E-state index contributed by atoms with van der Waals surface area (Å²) in [6.45, 7) is 0.187. The van der Waals surface area contributed by atoms with Crippen LogP contribution in [0, 0.1) is 0 Å². The molecule has 0 spiro atoms. The van der Waals surface area contributed by atoms with Gasteiger partial charge in [-0.2, -0.15) is 4.98 Å². The van der Waals surface area contributed by atoms with Crippen LogP contribution in [0.5, 0.6) is 0 Å². The first-order chi connectivity index (χ1) is 7.31. The van der Waals surface area contributed by atoms with Crippen molar-refractivity contribution in [3.05, 3.63) is 53.0 Å². The maximum Gasteiger partial charge on any atom is 0.277 e. The molecule has 0 saturated carbocycles. The second-order valence-corrected chi connectivity index (χ2v) is 3.03. The molecule has 0 aliphatic rings. The first kappa shape index (κ1) is 9.54. The molecule has 0 amide bonds. The molecule has 0 aliphatic heterocycles. The van der Waals surface area contributed by atoms with E-state index in [1.807, 2.05) is 12.1 Å². The van der Waals surface area contributed by atoms with Gasteiger partial charge in [-0.05, 0) is 12.1 Å². The van der Waals surface area contributed by atoms with E-state index in [0.717, 1.165) is 5.69 Å². The number of aromatic nitrogens is 3. The third kappa shape index (κ3) is 1.92. The summed E-state index contributed by atoms with van der Waals surface area (Å²) in [6, 6.07) is 3.69. The smallest absolute Gasteiger partial charge is 0.277 e. The Morgan fingerprint density at radius 1 is 1.47 bits per heavy atom. The molecule has 15 heavy (non-hydrogen) atoms. The van der Waals surface area contributed by atoms with Crippen molar-refractivity contribution >= 4 is 0 Å². The third-order valence-corrected chi connectivity index (χ3v) is 2.03. The number of hydrogen-bond donors (Lipinski definition) is 1. The van der Waals surface area contributed by atoms with Crippen molar-refractivity contribution in [3.8, 4) is 5.69 Å². The molecule has 2 N–H and O–H groups in total. The fourth-order valence-electron chi connectivity index (χ4n) is 1.24. The third-order valence-electron chi connectivity index (χ3n) is 2.03. The quantitative estimate of drug-likeness (QED) is 0.748. The van der Waals surface area contributed by atoms with Crippen LogP contribution in [0.1, 0.15) is 5.56 Å². The van der Waals surface area contributed by atoms with E-state index in [4.69, 9.17) is 5.73 Å². The number of nitrogens with two attached hydrogens (primary N) is 1. The minimum absolute atomic E-state index is 0.187. The molecular weight excluding hydrogens is 192 g/mol. The van der Waals surface area contributed by atoms with Crippen molar-refractivity contribution < 1.29 is 0 Å². The molecule has 5 heteroatoms. The molecular formula is C10H10N4O. The van der Waals surface area contributed by atoms with Gasteiger partial charge in [-0.15, -0.1) is 0 Å². The Balaban J connectivity index is 2.51. The van der Waals surface area contributed by atoms with Crippen molar-refractivity contribution in [2.75, 3.05) is 0 Å². The molecule has 5 nitrogen and oxygen atoms in total. The van der Waals surface area contributed by atoms with Gasteiger partial charge < -0.3 is 10.3 Å². The zero-order chi connectivity index (χ0) is 10.7. The molecule has 2 rings (SSSR count). The molecule has 0 saturated heterocycles. The van der Waals surface area contributed by atoms with Gasteiger partial charge >= 0.3 is 0 Å². The molecule has 0 radical (unpaired) electrons. The van der Waals surface area contributed by atoms with Gasteiger partial charge in [0.05, 0.1) is 11.9 Å². The monoisotopic (exact) mass is 202 g/mol. The Labute approximate surface area is 86.2 Å². The molecule has 2 aromatic heterocycles. The molecule has 0 aliphatic carbocycles. The van der Waals surface area contributed by atoms with Gasteiger partial charge in [0.1, 0.15) is 6.33 Å². The summed E-state index contributed by atoms with van der Waals surface area (Å²) in [5.74, 6) is 0. The van der Waals surface area contributed by atoms with Crippen LogP contribution in [0.15, 0.2) is 41.8 Å². The lowest BCUT2D eigenvalue weighted by Crippen LogP contribution is -2.18. The highest BCUT2D eigenvalue weighted by Crippen LogP contribution is 2.03. The highest BCUT2D eigenvalue weighted by atomic mass is 16.1. The van der Waals surface area contributed by atoms with E-state index in [1.165, 1.54) is 6.33 Å². The topological polar surface area (TPSA) is 73.8 Å². The second-order valence-electron chi connectivity index (χ2n) is 3.03. The molecule has 0 bridgehead atoms.